The number of methoxy groups -OCH3 is 1. The van der Waals surface area contributed by atoms with E-state index in [2.05, 4.69) is 0 Å². The van der Waals surface area contributed by atoms with Crippen LogP contribution in [0.4, 0.5) is 4.39 Å². The molecule has 0 aliphatic rings. The quantitative estimate of drug-likeness (QED) is 0.921. The molecule has 0 radical (unpaired) electrons. The summed E-state index contributed by atoms with van der Waals surface area (Å²) in [6, 6.07) is 8.39. The van der Waals surface area contributed by atoms with Crippen LogP contribution in [0.25, 0.3) is 0 Å². The summed E-state index contributed by atoms with van der Waals surface area (Å²) in [5, 5.41) is 10.5. The second-order valence-electron chi connectivity index (χ2n) is 5.14. The van der Waals surface area contributed by atoms with Crippen LogP contribution in [0.15, 0.2) is 30.3 Å². The minimum absolute atomic E-state index is 0.332. The van der Waals surface area contributed by atoms with Gasteiger partial charge in [-0.3, -0.25) is 0 Å². The Morgan fingerprint density at radius 1 is 1.00 bits per heavy atom. The summed E-state index contributed by atoms with van der Waals surface area (Å²) in [6.07, 6.45) is -0.839. The van der Waals surface area contributed by atoms with Crippen LogP contribution in [0.3, 0.4) is 0 Å². The molecule has 1 unspecified atom stereocenters. The highest BCUT2D eigenvalue weighted by atomic mass is 19.1. The maximum absolute atomic E-state index is 13.5. The molecule has 2 rings (SSSR count). The summed E-state index contributed by atoms with van der Waals surface area (Å²) in [4.78, 5) is 0. The molecule has 0 aliphatic carbocycles. The Bertz CT molecular complexity index is 615. The van der Waals surface area contributed by atoms with Crippen molar-refractivity contribution < 1.29 is 14.2 Å². The van der Waals surface area contributed by atoms with Gasteiger partial charge < -0.3 is 9.84 Å². The SMILES string of the molecule is COc1cc(C)c(C(O)c2cc(C)cc(F)c2)cc1C. The van der Waals surface area contributed by atoms with Crippen molar-refractivity contribution in [1.29, 1.82) is 0 Å². The molecule has 0 heterocycles. The van der Waals surface area contributed by atoms with Crippen molar-refractivity contribution in [3.8, 4) is 5.75 Å². The van der Waals surface area contributed by atoms with Crippen molar-refractivity contribution in [3.63, 3.8) is 0 Å². The van der Waals surface area contributed by atoms with Gasteiger partial charge in [-0.05, 0) is 72.9 Å². The van der Waals surface area contributed by atoms with E-state index in [0.29, 0.717) is 5.56 Å². The number of aliphatic hydroxyl groups is 1. The molecule has 3 heteroatoms. The average molecular weight is 274 g/mol. The molecule has 0 spiro atoms. The molecule has 0 aliphatic heterocycles. The Kier molecular flexibility index (Phi) is 4.09. The Hall–Kier alpha value is -1.87. The van der Waals surface area contributed by atoms with Crippen molar-refractivity contribution in [3.05, 3.63) is 64.0 Å². The summed E-state index contributed by atoms with van der Waals surface area (Å²) >= 11 is 0. The lowest BCUT2D eigenvalue weighted by Crippen LogP contribution is -2.04. The molecule has 0 saturated heterocycles. The smallest absolute Gasteiger partial charge is 0.123 e. The zero-order valence-corrected chi connectivity index (χ0v) is 12.2. The Morgan fingerprint density at radius 2 is 1.70 bits per heavy atom. The summed E-state index contributed by atoms with van der Waals surface area (Å²) in [5.74, 6) is 0.454. The lowest BCUT2D eigenvalue weighted by Gasteiger charge is -2.17. The van der Waals surface area contributed by atoms with Gasteiger partial charge in [0.25, 0.3) is 0 Å². The third-order valence-electron chi connectivity index (χ3n) is 3.46. The van der Waals surface area contributed by atoms with E-state index in [1.165, 1.54) is 12.1 Å². The number of benzene rings is 2. The summed E-state index contributed by atoms with van der Waals surface area (Å²) < 4.78 is 18.7. The lowest BCUT2D eigenvalue weighted by molar-refractivity contribution is 0.218. The number of halogens is 1. The van der Waals surface area contributed by atoms with E-state index >= 15 is 0 Å². The van der Waals surface area contributed by atoms with Crippen molar-refractivity contribution in [2.45, 2.75) is 26.9 Å². The van der Waals surface area contributed by atoms with Crippen LogP contribution in [-0.2, 0) is 0 Å². The van der Waals surface area contributed by atoms with Crippen molar-refractivity contribution >= 4 is 0 Å². The third-order valence-corrected chi connectivity index (χ3v) is 3.46. The van der Waals surface area contributed by atoms with Crippen LogP contribution in [-0.4, -0.2) is 12.2 Å². The van der Waals surface area contributed by atoms with Gasteiger partial charge in [-0.15, -0.1) is 0 Å². The maximum Gasteiger partial charge on any atom is 0.123 e. The topological polar surface area (TPSA) is 29.5 Å². The molecule has 1 atom stereocenters. The minimum atomic E-state index is -0.839. The van der Waals surface area contributed by atoms with Gasteiger partial charge in [0.2, 0.25) is 0 Å². The fraction of sp³-hybridized carbons (Fsp3) is 0.294. The van der Waals surface area contributed by atoms with E-state index in [0.717, 1.165) is 28.0 Å². The van der Waals surface area contributed by atoms with E-state index in [9.17, 15) is 9.50 Å². The van der Waals surface area contributed by atoms with Crippen molar-refractivity contribution in [2.75, 3.05) is 7.11 Å². The van der Waals surface area contributed by atoms with Crippen molar-refractivity contribution in [1.82, 2.24) is 0 Å². The van der Waals surface area contributed by atoms with Crippen LogP contribution in [0.2, 0.25) is 0 Å². The molecule has 2 aromatic rings. The molecular formula is C17H19FO2. The second-order valence-corrected chi connectivity index (χ2v) is 5.14. The van der Waals surface area contributed by atoms with Gasteiger partial charge in [0.1, 0.15) is 17.7 Å². The minimum Gasteiger partial charge on any atom is -0.496 e. The number of hydrogen-bond donors (Lipinski definition) is 1. The van der Waals surface area contributed by atoms with E-state index < -0.39 is 6.10 Å². The maximum atomic E-state index is 13.5. The van der Waals surface area contributed by atoms with Gasteiger partial charge in [0.05, 0.1) is 7.11 Å². The number of ether oxygens (including phenoxy) is 1. The molecule has 0 fully saturated rings. The van der Waals surface area contributed by atoms with Gasteiger partial charge in [0, 0.05) is 0 Å². The third kappa shape index (κ3) is 2.83. The fourth-order valence-corrected chi connectivity index (χ4v) is 2.43. The Labute approximate surface area is 118 Å². The van der Waals surface area contributed by atoms with Gasteiger partial charge in [0.15, 0.2) is 0 Å². The van der Waals surface area contributed by atoms with E-state index in [-0.39, 0.29) is 5.82 Å². The number of aryl methyl sites for hydroxylation is 3. The number of rotatable bonds is 3. The first-order valence-corrected chi connectivity index (χ1v) is 6.52. The molecule has 0 amide bonds. The molecule has 20 heavy (non-hydrogen) atoms. The summed E-state index contributed by atoms with van der Waals surface area (Å²) in [5.41, 5.74) is 3.99. The molecule has 2 nitrogen and oxygen atoms in total. The van der Waals surface area contributed by atoms with Crippen LogP contribution < -0.4 is 4.74 Å². The largest absolute Gasteiger partial charge is 0.496 e. The van der Waals surface area contributed by atoms with Gasteiger partial charge in [-0.1, -0.05) is 6.07 Å². The molecule has 2 aromatic carbocycles. The fourth-order valence-electron chi connectivity index (χ4n) is 2.43. The van der Waals surface area contributed by atoms with Crippen LogP contribution >= 0.6 is 0 Å². The van der Waals surface area contributed by atoms with Crippen LogP contribution in [0.5, 0.6) is 5.75 Å². The number of hydrogen-bond acceptors (Lipinski definition) is 2. The van der Waals surface area contributed by atoms with Gasteiger partial charge >= 0.3 is 0 Å². The second kappa shape index (κ2) is 5.63. The Balaban J connectivity index is 2.47. The molecule has 0 bridgehead atoms. The summed E-state index contributed by atoms with van der Waals surface area (Å²) in [6.45, 7) is 5.64. The Morgan fingerprint density at radius 3 is 2.30 bits per heavy atom. The van der Waals surface area contributed by atoms with Gasteiger partial charge in [-0.25, -0.2) is 4.39 Å². The molecule has 1 N–H and O–H groups in total. The number of aliphatic hydroxyl groups excluding tert-OH is 1. The monoisotopic (exact) mass is 274 g/mol. The van der Waals surface area contributed by atoms with Crippen LogP contribution in [0, 0.1) is 26.6 Å². The first-order chi connectivity index (χ1) is 9.42. The zero-order valence-electron chi connectivity index (χ0n) is 12.2. The predicted octanol–water partition coefficient (Wildman–Crippen LogP) is 3.84. The molecular weight excluding hydrogens is 255 g/mol. The zero-order chi connectivity index (χ0) is 14.9. The van der Waals surface area contributed by atoms with Crippen LogP contribution in [0.1, 0.15) is 33.9 Å². The molecule has 106 valence electrons. The van der Waals surface area contributed by atoms with Crippen molar-refractivity contribution in [2.24, 2.45) is 0 Å². The standard InChI is InChI=1S/C17H19FO2/c1-10-5-13(9-14(18)6-10)17(19)15-7-12(3)16(20-4)8-11(15)2/h5-9,17,19H,1-4H3. The molecule has 0 saturated carbocycles. The van der Waals surface area contributed by atoms with Gasteiger partial charge in [-0.2, -0.15) is 0 Å². The molecule has 0 aromatic heterocycles. The van der Waals surface area contributed by atoms with E-state index in [1.54, 1.807) is 13.2 Å². The highest BCUT2D eigenvalue weighted by Gasteiger charge is 2.16. The van der Waals surface area contributed by atoms with E-state index in [4.69, 9.17) is 4.74 Å². The first-order valence-electron chi connectivity index (χ1n) is 6.52. The summed E-state index contributed by atoms with van der Waals surface area (Å²) in [7, 11) is 1.62. The first kappa shape index (κ1) is 14.5. The highest BCUT2D eigenvalue weighted by Crippen LogP contribution is 2.30. The van der Waals surface area contributed by atoms with E-state index in [1.807, 2.05) is 32.9 Å². The highest BCUT2D eigenvalue weighted by molar-refractivity contribution is 5.45. The lowest BCUT2D eigenvalue weighted by atomic mass is 9.94. The predicted molar refractivity (Wildman–Crippen MR) is 77.7 cm³/mol. The normalized spacial score (nSPS) is 12.3. The average Bonchev–Trinajstić information content (AvgIpc) is 2.39.